The van der Waals surface area contributed by atoms with Crippen LogP contribution in [0.2, 0.25) is 0 Å². The summed E-state index contributed by atoms with van der Waals surface area (Å²) in [6.07, 6.45) is 7.85. The van der Waals surface area contributed by atoms with Crippen LogP contribution >= 0.6 is 24.0 Å². The third-order valence-corrected chi connectivity index (χ3v) is 7.81. The Hall–Kier alpha value is -2.23. The standard InChI is InChI=1S/C25H32N4O3S2/c1-4-6-7-18(5-2)16-29-24(31)20(34-25(29)33)14-19-22(27-10-12-32-13-11-27)26-21-9-8-17(3)15-28(21)23(19)30/h8-9,14-15,18H,4-7,10-13,16H2,1-3H3/b20-14+. The minimum absolute atomic E-state index is 0.119. The van der Waals surface area contributed by atoms with Gasteiger partial charge in [0.25, 0.3) is 11.5 Å². The molecule has 0 bridgehead atoms. The molecule has 182 valence electrons. The topological polar surface area (TPSA) is 67.2 Å². The van der Waals surface area contributed by atoms with Crippen molar-refractivity contribution >= 4 is 51.7 Å². The first-order valence-electron chi connectivity index (χ1n) is 12.0. The van der Waals surface area contributed by atoms with Gasteiger partial charge in [-0.3, -0.25) is 18.9 Å². The first kappa shape index (κ1) is 24.9. The number of pyridine rings is 1. The maximum atomic E-state index is 13.6. The van der Waals surface area contributed by atoms with Gasteiger partial charge in [-0.2, -0.15) is 0 Å². The van der Waals surface area contributed by atoms with Gasteiger partial charge in [-0.05, 0) is 37.0 Å². The lowest BCUT2D eigenvalue weighted by molar-refractivity contribution is -0.122. The molecule has 1 amide bonds. The number of morpholine rings is 1. The van der Waals surface area contributed by atoms with Crippen molar-refractivity contribution in [3.05, 3.63) is 44.7 Å². The van der Waals surface area contributed by atoms with E-state index in [9.17, 15) is 9.59 Å². The van der Waals surface area contributed by atoms with Gasteiger partial charge >= 0.3 is 0 Å². The normalized spacial score (nSPS) is 19.0. The smallest absolute Gasteiger partial charge is 0.267 e. The van der Waals surface area contributed by atoms with E-state index in [0.717, 1.165) is 31.2 Å². The fourth-order valence-corrected chi connectivity index (χ4v) is 5.61. The molecule has 0 aliphatic carbocycles. The Kier molecular flexibility index (Phi) is 8.06. The summed E-state index contributed by atoms with van der Waals surface area (Å²) in [7, 11) is 0. The summed E-state index contributed by atoms with van der Waals surface area (Å²) in [6, 6.07) is 3.80. The van der Waals surface area contributed by atoms with Crippen LogP contribution in [0.25, 0.3) is 11.7 Å². The second kappa shape index (κ2) is 11.0. The molecule has 0 aromatic carbocycles. The molecule has 2 saturated heterocycles. The largest absolute Gasteiger partial charge is 0.378 e. The van der Waals surface area contributed by atoms with Crippen molar-refractivity contribution in [2.45, 2.75) is 46.5 Å². The Balaban J connectivity index is 1.73. The Morgan fingerprint density at radius 3 is 2.71 bits per heavy atom. The van der Waals surface area contributed by atoms with E-state index in [4.69, 9.17) is 21.9 Å². The molecule has 2 aromatic heterocycles. The average molecular weight is 501 g/mol. The molecule has 4 rings (SSSR count). The summed E-state index contributed by atoms with van der Waals surface area (Å²) in [4.78, 5) is 36.0. The first-order valence-corrected chi connectivity index (χ1v) is 13.3. The molecule has 2 aliphatic rings. The van der Waals surface area contributed by atoms with Crippen molar-refractivity contribution in [1.82, 2.24) is 14.3 Å². The van der Waals surface area contributed by atoms with Gasteiger partial charge in [0.2, 0.25) is 0 Å². The van der Waals surface area contributed by atoms with Gasteiger partial charge < -0.3 is 9.64 Å². The number of anilines is 1. The van der Waals surface area contributed by atoms with E-state index in [2.05, 4.69) is 18.7 Å². The number of aromatic nitrogens is 2. The highest BCUT2D eigenvalue weighted by molar-refractivity contribution is 8.26. The molecule has 0 N–H and O–H groups in total. The molecule has 0 saturated carbocycles. The third-order valence-electron chi connectivity index (χ3n) is 6.43. The maximum Gasteiger partial charge on any atom is 0.267 e. The van der Waals surface area contributed by atoms with Crippen molar-refractivity contribution in [1.29, 1.82) is 0 Å². The van der Waals surface area contributed by atoms with Crippen molar-refractivity contribution < 1.29 is 9.53 Å². The Morgan fingerprint density at radius 1 is 1.24 bits per heavy atom. The van der Waals surface area contributed by atoms with Gasteiger partial charge in [-0.25, -0.2) is 4.98 Å². The molecule has 9 heteroatoms. The van der Waals surface area contributed by atoms with Crippen LogP contribution < -0.4 is 10.5 Å². The second-order valence-electron chi connectivity index (χ2n) is 8.90. The molecule has 1 unspecified atom stereocenters. The van der Waals surface area contributed by atoms with E-state index in [-0.39, 0.29) is 11.5 Å². The van der Waals surface area contributed by atoms with Crippen molar-refractivity contribution in [3.8, 4) is 0 Å². The summed E-state index contributed by atoms with van der Waals surface area (Å²) < 4.78 is 7.62. The van der Waals surface area contributed by atoms with Gasteiger partial charge in [0.05, 0.1) is 23.7 Å². The number of nitrogens with zero attached hydrogens (tertiary/aromatic N) is 4. The van der Waals surface area contributed by atoms with E-state index in [1.165, 1.54) is 11.8 Å². The number of carbonyl (C=O) groups excluding carboxylic acids is 1. The highest BCUT2D eigenvalue weighted by Crippen LogP contribution is 2.34. The first-order chi connectivity index (χ1) is 16.4. The van der Waals surface area contributed by atoms with Crippen molar-refractivity contribution in [3.63, 3.8) is 0 Å². The highest BCUT2D eigenvalue weighted by atomic mass is 32.2. The van der Waals surface area contributed by atoms with E-state index in [0.29, 0.717) is 65.0 Å². The molecule has 2 fully saturated rings. The number of thioether (sulfide) groups is 1. The number of rotatable bonds is 8. The maximum absolute atomic E-state index is 13.6. The molecule has 7 nitrogen and oxygen atoms in total. The zero-order valence-electron chi connectivity index (χ0n) is 20.1. The van der Waals surface area contributed by atoms with Crippen LogP contribution in [0.3, 0.4) is 0 Å². The lowest BCUT2D eigenvalue weighted by Crippen LogP contribution is -2.38. The Bertz CT molecular complexity index is 1170. The molecule has 4 heterocycles. The quantitative estimate of drug-likeness (QED) is 0.396. The van der Waals surface area contributed by atoms with Crippen LogP contribution in [-0.2, 0) is 9.53 Å². The molecular weight excluding hydrogens is 468 g/mol. The summed E-state index contributed by atoms with van der Waals surface area (Å²) >= 11 is 6.85. The van der Waals surface area contributed by atoms with Crippen molar-refractivity contribution in [2.24, 2.45) is 5.92 Å². The van der Waals surface area contributed by atoms with Crippen LogP contribution in [0, 0.1) is 12.8 Å². The van der Waals surface area contributed by atoms with Crippen LogP contribution in [0.4, 0.5) is 5.82 Å². The number of carbonyl (C=O) groups is 1. The summed E-state index contributed by atoms with van der Waals surface area (Å²) in [6.45, 7) is 9.35. The van der Waals surface area contributed by atoms with E-state index in [1.807, 2.05) is 19.1 Å². The summed E-state index contributed by atoms with van der Waals surface area (Å²) in [5.41, 5.74) is 1.78. The minimum atomic E-state index is -0.185. The van der Waals surface area contributed by atoms with Gasteiger partial charge in [-0.1, -0.05) is 63.2 Å². The predicted molar refractivity (Wildman–Crippen MR) is 142 cm³/mol. The van der Waals surface area contributed by atoms with Crippen molar-refractivity contribution in [2.75, 3.05) is 37.7 Å². The zero-order chi connectivity index (χ0) is 24.2. The number of amides is 1. The molecular formula is C25H32N4O3S2. The molecule has 0 spiro atoms. The fraction of sp³-hybridized carbons (Fsp3) is 0.520. The van der Waals surface area contributed by atoms with Gasteiger partial charge in [0.15, 0.2) is 0 Å². The van der Waals surface area contributed by atoms with Crippen LogP contribution in [0.5, 0.6) is 0 Å². The number of thiocarbonyl (C=S) groups is 1. The highest BCUT2D eigenvalue weighted by Gasteiger charge is 2.34. The van der Waals surface area contributed by atoms with E-state index < -0.39 is 0 Å². The van der Waals surface area contributed by atoms with Crippen LogP contribution in [0.15, 0.2) is 28.0 Å². The average Bonchev–Trinajstić information content (AvgIpc) is 3.11. The van der Waals surface area contributed by atoms with Crippen LogP contribution in [0.1, 0.15) is 50.7 Å². The van der Waals surface area contributed by atoms with E-state index >= 15 is 0 Å². The lowest BCUT2D eigenvalue weighted by atomic mass is 9.99. The number of ether oxygens (including phenoxy) is 1. The monoisotopic (exact) mass is 500 g/mol. The number of fused-ring (bicyclic) bond motifs is 1. The predicted octanol–water partition coefficient (Wildman–Crippen LogP) is 4.26. The number of unbranched alkanes of at least 4 members (excludes halogenated alkanes) is 1. The van der Waals surface area contributed by atoms with Gasteiger partial charge in [-0.15, -0.1) is 0 Å². The molecule has 2 aromatic rings. The zero-order valence-corrected chi connectivity index (χ0v) is 21.7. The molecule has 0 radical (unpaired) electrons. The summed E-state index contributed by atoms with van der Waals surface area (Å²) in [5.74, 6) is 0.894. The molecule has 2 aliphatic heterocycles. The number of aryl methyl sites for hydroxylation is 1. The SMILES string of the molecule is CCCCC(CC)CN1C(=O)/C(=C\c2c(N3CCOCC3)nc3ccc(C)cn3c2=O)SC1=S. The third kappa shape index (κ3) is 5.21. The number of hydrogen-bond acceptors (Lipinski definition) is 7. The minimum Gasteiger partial charge on any atom is -0.378 e. The molecule has 1 atom stereocenters. The summed E-state index contributed by atoms with van der Waals surface area (Å²) in [5, 5.41) is 0. The van der Waals surface area contributed by atoms with Crippen LogP contribution in [-0.4, -0.2) is 57.4 Å². The Morgan fingerprint density at radius 2 is 2.00 bits per heavy atom. The number of hydrogen-bond donors (Lipinski definition) is 0. The molecule has 34 heavy (non-hydrogen) atoms. The lowest BCUT2D eigenvalue weighted by Gasteiger charge is -2.29. The van der Waals surface area contributed by atoms with Gasteiger partial charge in [0.1, 0.15) is 15.8 Å². The second-order valence-corrected chi connectivity index (χ2v) is 10.6. The van der Waals surface area contributed by atoms with E-state index in [1.54, 1.807) is 21.6 Å². The Labute approximate surface area is 210 Å². The van der Waals surface area contributed by atoms with Gasteiger partial charge in [0, 0.05) is 25.8 Å². The fourth-order valence-electron chi connectivity index (χ4n) is 4.35.